The minimum Gasteiger partial charge on any atom is -0.356 e. The van der Waals surface area contributed by atoms with Crippen LogP contribution in [0.25, 0.3) is 11.0 Å². The number of carbonyl (C=O) groups is 1. The van der Waals surface area contributed by atoms with E-state index in [-0.39, 0.29) is 12.3 Å². The van der Waals surface area contributed by atoms with Crippen LogP contribution in [0.2, 0.25) is 0 Å². The molecule has 1 aliphatic rings. The summed E-state index contributed by atoms with van der Waals surface area (Å²) in [6.45, 7) is 3.45. The number of rotatable bonds is 6. The van der Waals surface area contributed by atoms with E-state index in [4.69, 9.17) is 4.52 Å². The van der Waals surface area contributed by atoms with Crippen molar-refractivity contribution in [2.45, 2.75) is 37.6 Å². The van der Waals surface area contributed by atoms with Gasteiger partial charge in [0.05, 0.1) is 11.3 Å². The zero-order valence-electron chi connectivity index (χ0n) is 16.2. The van der Waals surface area contributed by atoms with Gasteiger partial charge in [-0.15, -0.1) is 0 Å². The van der Waals surface area contributed by atoms with Gasteiger partial charge in [0.25, 0.3) is 0 Å². The molecule has 0 unspecified atom stereocenters. The SMILES string of the molecule is Cc1ccc2onc(CC(=O)NCc3ccc(S(=O)(=O)N4CCCC4)cc3)c2c1. The Morgan fingerprint density at radius 3 is 2.59 bits per heavy atom. The molecule has 1 fully saturated rings. The van der Waals surface area contributed by atoms with E-state index < -0.39 is 10.0 Å². The van der Waals surface area contributed by atoms with Crippen molar-refractivity contribution in [3.8, 4) is 0 Å². The van der Waals surface area contributed by atoms with Gasteiger partial charge in [-0.05, 0) is 49.6 Å². The second kappa shape index (κ2) is 7.96. The third-order valence-corrected chi connectivity index (χ3v) is 7.06. The van der Waals surface area contributed by atoms with Crippen molar-refractivity contribution in [1.82, 2.24) is 14.8 Å². The molecule has 1 N–H and O–H groups in total. The molecule has 0 spiro atoms. The normalized spacial score (nSPS) is 15.1. The van der Waals surface area contributed by atoms with E-state index in [9.17, 15) is 13.2 Å². The summed E-state index contributed by atoms with van der Waals surface area (Å²) in [6.07, 6.45) is 1.94. The van der Waals surface area contributed by atoms with Gasteiger partial charge in [0.2, 0.25) is 15.9 Å². The van der Waals surface area contributed by atoms with E-state index in [0.29, 0.717) is 35.8 Å². The van der Waals surface area contributed by atoms with Gasteiger partial charge in [-0.3, -0.25) is 4.79 Å². The van der Waals surface area contributed by atoms with Gasteiger partial charge < -0.3 is 9.84 Å². The standard InChI is InChI=1S/C21H23N3O4S/c1-15-4-9-20-18(12-15)19(23-28-20)13-21(25)22-14-16-5-7-17(8-6-16)29(26,27)24-10-2-3-11-24/h4-9,12H,2-3,10-11,13-14H2,1H3,(H,22,25). The van der Waals surface area contributed by atoms with Gasteiger partial charge in [-0.25, -0.2) is 8.42 Å². The van der Waals surface area contributed by atoms with Crippen molar-refractivity contribution in [2.75, 3.05) is 13.1 Å². The van der Waals surface area contributed by atoms with Crippen molar-refractivity contribution in [3.05, 3.63) is 59.3 Å². The van der Waals surface area contributed by atoms with E-state index in [2.05, 4.69) is 10.5 Å². The van der Waals surface area contributed by atoms with Crippen LogP contribution in [0.5, 0.6) is 0 Å². The molecular weight excluding hydrogens is 390 g/mol. The van der Waals surface area contributed by atoms with E-state index in [1.165, 1.54) is 4.31 Å². The summed E-state index contributed by atoms with van der Waals surface area (Å²) in [5, 5.41) is 7.69. The summed E-state index contributed by atoms with van der Waals surface area (Å²) in [5.74, 6) is -0.171. The zero-order valence-corrected chi connectivity index (χ0v) is 17.0. The predicted octanol–water partition coefficient (Wildman–Crippen LogP) is 2.78. The summed E-state index contributed by atoms with van der Waals surface area (Å²) in [4.78, 5) is 12.6. The fraction of sp³-hybridized carbons (Fsp3) is 0.333. The van der Waals surface area contributed by atoms with Crippen molar-refractivity contribution < 1.29 is 17.7 Å². The first-order valence-corrected chi connectivity index (χ1v) is 11.1. The maximum atomic E-state index is 12.6. The average molecular weight is 413 g/mol. The lowest BCUT2D eigenvalue weighted by atomic mass is 10.1. The van der Waals surface area contributed by atoms with Gasteiger partial charge in [0.15, 0.2) is 5.58 Å². The lowest BCUT2D eigenvalue weighted by Gasteiger charge is -2.15. The highest BCUT2D eigenvalue weighted by Gasteiger charge is 2.26. The number of fused-ring (bicyclic) bond motifs is 1. The summed E-state index contributed by atoms with van der Waals surface area (Å²) >= 11 is 0. The summed E-state index contributed by atoms with van der Waals surface area (Å²) < 4.78 is 31.9. The molecule has 4 rings (SSSR count). The lowest BCUT2D eigenvalue weighted by Crippen LogP contribution is -2.28. The molecule has 2 heterocycles. The quantitative estimate of drug-likeness (QED) is 0.671. The molecule has 0 radical (unpaired) electrons. The zero-order chi connectivity index (χ0) is 20.4. The summed E-state index contributed by atoms with van der Waals surface area (Å²) in [7, 11) is -3.42. The molecular formula is C21H23N3O4S. The van der Waals surface area contributed by atoms with E-state index in [0.717, 1.165) is 29.4 Å². The Kier molecular flexibility index (Phi) is 5.38. The van der Waals surface area contributed by atoms with Crippen LogP contribution in [-0.4, -0.2) is 36.9 Å². The van der Waals surface area contributed by atoms with Gasteiger partial charge >= 0.3 is 0 Å². The Morgan fingerprint density at radius 2 is 1.86 bits per heavy atom. The summed E-state index contributed by atoms with van der Waals surface area (Å²) in [6, 6.07) is 12.4. The smallest absolute Gasteiger partial charge is 0.243 e. The Balaban J connectivity index is 1.37. The molecule has 0 atom stereocenters. The number of carbonyl (C=O) groups excluding carboxylic acids is 1. The van der Waals surface area contributed by atoms with Gasteiger partial charge in [0.1, 0.15) is 5.69 Å². The third kappa shape index (κ3) is 4.18. The van der Waals surface area contributed by atoms with Crippen LogP contribution in [-0.2, 0) is 27.8 Å². The number of aromatic nitrogens is 1. The first-order valence-electron chi connectivity index (χ1n) is 9.64. The first-order chi connectivity index (χ1) is 13.9. The van der Waals surface area contributed by atoms with Crippen molar-refractivity contribution in [2.24, 2.45) is 0 Å². The van der Waals surface area contributed by atoms with E-state index in [1.54, 1.807) is 24.3 Å². The number of benzene rings is 2. The van der Waals surface area contributed by atoms with Crippen LogP contribution in [0.3, 0.4) is 0 Å². The molecule has 8 heteroatoms. The maximum absolute atomic E-state index is 12.6. The second-order valence-corrected chi connectivity index (χ2v) is 9.28. The number of aryl methyl sites for hydroxylation is 1. The Bertz CT molecular complexity index is 1130. The number of sulfonamides is 1. The number of nitrogens with zero attached hydrogens (tertiary/aromatic N) is 2. The molecule has 7 nitrogen and oxygen atoms in total. The molecule has 1 amide bonds. The Morgan fingerprint density at radius 1 is 1.14 bits per heavy atom. The third-order valence-electron chi connectivity index (χ3n) is 5.14. The molecule has 0 saturated carbocycles. The minimum absolute atomic E-state index is 0.123. The fourth-order valence-corrected chi connectivity index (χ4v) is 5.02. The Hall–Kier alpha value is -2.71. The predicted molar refractivity (Wildman–Crippen MR) is 109 cm³/mol. The molecule has 29 heavy (non-hydrogen) atoms. The highest BCUT2D eigenvalue weighted by atomic mass is 32.2. The van der Waals surface area contributed by atoms with Crippen LogP contribution in [0.4, 0.5) is 0 Å². The average Bonchev–Trinajstić information content (AvgIpc) is 3.38. The van der Waals surface area contributed by atoms with Gasteiger partial charge in [-0.2, -0.15) is 4.31 Å². The molecule has 2 aromatic carbocycles. The number of nitrogens with one attached hydrogen (secondary N) is 1. The largest absolute Gasteiger partial charge is 0.356 e. The number of hydrogen-bond donors (Lipinski definition) is 1. The van der Waals surface area contributed by atoms with Gasteiger partial charge in [-0.1, -0.05) is 28.9 Å². The van der Waals surface area contributed by atoms with Crippen molar-refractivity contribution >= 4 is 26.9 Å². The number of hydrogen-bond acceptors (Lipinski definition) is 5. The van der Waals surface area contributed by atoms with E-state index >= 15 is 0 Å². The second-order valence-electron chi connectivity index (χ2n) is 7.34. The van der Waals surface area contributed by atoms with Crippen molar-refractivity contribution in [1.29, 1.82) is 0 Å². The van der Waals surface area contributed by atoms with Crippen LogP contribution in [0.15, 0.2) is 51.9 Å². The molecule has 0 aliphatic carbocycles. The topological polar surface area (TPSA) is 92.5 Å². The number of amides is 1. The molecule has 0 bridgehead atoms. The molecule has 3 aromatic rings. The highest BCUT2D eigenvalue weighted by molar-refractivity contribution is 7.89. The van der Waals surface area contributed by atoms with Crippen LogP contribution >= 0.6 is 0 Å². The van der Waals surface area contributed by atoms with Crippen LogP contribution in [0.1, 0.15) is 29.7 Å². The maximum Gasteiger partial charge on any atom is 0.243 e. The van der Waals surface area contributed by atoms with E-state index in [1.807, 2.05) is 25.1 Å². The van der Waals surface area contributed by atoms with Crippen LogP contribution < -0.4 is 5.32 Å². The molecule has 1 saturated heterocycles. The monoisotopic (exact) mass is 413 g/mol. The lowest BCUT2D eigenvalue weighted by molar-refractivity contribution is -0.120. The first kappa shape index (κ1) is 19.6. The molecule has 152 valence electrons. The molecule has 1 aliphatic heterocycles. The highest BCUT2D eigenvalue weighted by Crippen LogP contribution is 2.22. The van der Waals surface area contributed by atoms with Gasteiger partial charge in [0, 0.05) is 25.0 Å². The summed E-state index contributed by atoms with van der Waals surface area (Å²) in [5.41, 5.74) is 3.17. The minimum atomic E-state index is -3.42. The van der Waals surface area contributed by atoms with Crippen LogP contribution in [0, 0.1) is 6.92 Å². The van der Waals surface area contributed by atoms with Crippen molar-refractivity contribution in [3.63, 3.8) is 0 Å². The fourth-order valence-electron chi connectivity index (χ4n) is 3.50. The Labute approximate surface area is 169 Å². The molecule has 1 aromatic heterocycles.